The lowest BCUT2D eigenvalue weighted by molar-refractivity contribution is 0.880. The molecule has 0 amide bonds. The van der Waals surface area contributed by atoms with Crippen LogP contribution in [0.4, 0.5) is 0 Å². The van der Waals surface area contributed by atoms with Gasteiger partial charge in [-0.3, -0.25) is 4.57 Å². The monoisotopic (exact) mass is 368 g/mol. The summed E-state index contributed by atoms with van der Waals surface area (Å²) < 4.78 is 2.99. The quantitative estimate of drug-likeness (QED) is 0.526. The van der Waals surface area contributed by atoms with Crippen LogP contribution in [0.2, 0.25) is 5.02 Å². The molecule has 0 saturated heterocycles. The number of alkyl halides is 1. The average molecular weight is 370 g/mol. The molecule has 0 saturated carbocycles. The second kappa shape index (κ2) is 5.40. The molecule has 0 bridgehead atoms. The van der Waals surface area contributed by atoms with Crippen molar-refractivity contribution in [3.63, 3.8) is 0 Å². The van der Waals surface area contributed by atoms with E-state index in [0.29, 0.717) is 5.02 Å². The Hall–Kier alpha value is -1.03. The van der Waals surface area contributed by atoms with Gasteiger partial charge in [0.1, 0.15) is 5.82 Å². The van der Waals surface area contributed by atoms with Crippen LogP contribution in [0.3, 0.4) is 0 Å². The van der Waals surface area contributed by atoms with Crippen molar-refractivity contribution in [1.82, 2.24) is 9.55 Å². The van der Waals surface area contributed by atoms with Crippen LogP contribution in [0.5, 0.6) is 0 Å². The molecule has 0 fully saturated rings. The minimum atomic E-state index is -0.201. The Morgan fingerprint density at radius 2 is 1.95 bits per heavy atom. The number of benzene rings is 2. The summed E-state index contributed by atoms with van der Waals surface area (Å²) in [4.78, 5) is 4.63. The number of hydrogen-bond donors (Lipinski definition) is 0. The molecule has 1 aromatic heterocycles. The minimum Gasteiger partial charge on any atom is -0.294 e. The standard InChI is InChI=1S/C15H11BrCl2N2/c1-9(17)15-19-12-4-2-3-5-13(12)20(15)14-8-10(18)6-7-11(14)16/h2-9H,1H3. The van der Waals surface area contributed by atoms with Crippen molar-refractivity contribution in [1.29, 1.82) is 0 Å². The average Bonchev–Trinajstić information content (AvgIpc) is 2.81. The number of hydrogen-bond acceptors (Lipinski definition) is 1. The van der Waals surface area contributed by atoms with Gasteiger partial charge in [0.05, 0.1) is 22.1 Å². The number of imidazole rings is 1. The van der Waals surface area contributed by atoms with Crippen LogP contribution < -0.4 is 0 Å². The summed E-state index contributed by atoms with van der Waals surface area (Å²) in [7, 11) is 0. The molecule has 5 heteroatoms. The minimum absolute atomic E-state index is 0.201. The van der Waals surface area contributed by atoms with Gasteiger partial charge in [0.15, 0.2) is 0 Å². The molecule has 0 N–H and O–H groups in total. The fourth-order valence-electron chi connectivity index (χ4n) is 2.22. The molecule has 3 rings (SSSR count). The van der Waals surface area contributed by atoms with Crippen molar-refractivity contribution < 1.29 is 0 Å². The molecule has 0 radical (unpaired) electrons. The first-order chi connectivity index (χ1) is 9.58. The van der Waals surface area contributed by atoms with Gasteiger partial charge in [-0.15, -0.1) is 11.6 Å². The van der Waals surface area contributed by atoms with E-state index in [1.54, 1.807) is 0 Å². The van der Waals surface area contributed by atoms with E-state index in [1.165, 1.54) is 0 Å². The lowest BCUT2D eigenvalue weighted by Crippen LogP contribution is -2.02. The normalized spacial score (nSPS) is 12.8. The second-order valence-corrected chi connectivity index (χ2v) is 6.45. The van der Waals surface area contributed by atoms with Crippen LogP contribution in [0.15, 0.2) is 46.9 Å². The number of rotatable bonds is 2. The zero-order chi connectivity index (χ0) is 14.3. The SMILES string of the molecule is CC(Cl)c1nc2ccccc2n1-c1cc(Cl)ccc1Br. The summed E-state index contributed by atoms with van der Waals surface area (Å²) in [6.45, 7) is 1.91. The first kappa shape index (κ1) is 13.9. The molecule has 102 valence electrons. The molecule has 1 heterocycles. The number of nitrogens with zero attached hydrogens (tertiary/aromatic N) is 2. The highest BCUT2D eigenvalue weighted by Gasteiger charge is 2.17. The van der Waals surface area contributed by atoms with Crippen LogP contribution in [0.25, 0.3) is 16.7 Å². The van der Waals surface area contributed by atoms with E-state index >= 15 is 0 Å². The van der Waals surface area contributed by atoms with Crippen molar-refractivity contribution in [3.8, 4) is 5.69 Å². The molecule has 2 nitrogen and oxygen atoms in total. The van der Waals surface area contributed by atoms with Gasteiger partial charge in [-0.2, -0.15) is 0 Å². The van der Waals surface area contributed by atoms with E-state index < -0.39 is 0 Å². The van der Waals surface area contributed by atoms with Crippen molar-refractivity contribution >= 4 is 50.2 Å². The highest BCUT2D eigenvalue weighted by molar-refractivity contribution is 9.10. The highest BCUT2D eigenvalue weighted by atomic mass is 79.9. The summed E-state index contributed by atoms with van der Waals surface area (Å²) in [5.74, 6) is 0.802. The van der Waals surface area contributed by atoms with Crippen molar-refractivity contribution in [2.75, 3.05) is 0 Å². The number of halogens is 3. The molecule has 0 aliphatic rings. The van der Waals surface area contributed by atoms with Crippen LogP contribution >= 0.6 is 39.1 Å². The molecular weight excluding hydrogens is 359 g/mol. The molecule has 0 aliphatic carbocycles. The third kappa shape index (κ3) is 2.34. The van der Waals surface area contributed by atoms with Crippen LogP contribution in [0, 0.1) is 0 Å². The summed E-state index contributed by atoms with van der Waals surface area (Å²) in [5, 5.41) is 0.474. The zero-order valence-corrected chi connectivity index (χ0v) is 13.7. The maximum Gasteiger partial charge on any atom is 0.132 e. The maximum absolute atomic E-state index is 6.29. The third-order valence-electron chi connectivity index (χ3n) is 3.09. The molecule has 2 aromatic carbocycles. The van der Waals surface area contributed by atoms with Gasteiger partial charge in [-0.1, -0.05) is 23.7 Å². The predicted molar refractivity (Wildman–Crippen MR) is 88.0 cm³/mol. The second-order valence-electron chi connectivity index (χ2n) is 4.51. The van der Waals surface area contributed by atoms with Crippen LogP contribution in [0.1, 0.15) is 18.1 Å². The Morgan fingerprint density at radius 3 is 2.70 bits per heavy atom. The fourth-order valence-corrected chi connectivity index (χ4v) is 2.96. The molecule has 1 unspecified atom stereocenters. The highest BCUT2D eigenvalue weighted by Crippen LogP contribution is 2.32. The molecule has 0 aliphatic heterocycles. The number of fused-ring (bicyclic) bond motifs is 1. The van der Waals surface area contributed by atoms with E-state index in [9.17, 15) is 0 Å². The van der Waals surface area contributed by atoms with Crippen molar-refractivity contribution in [3.05, 3.63) is 57.8 Å². The van der Waals surface area contributed by atoms with Gasteiger partial charge in [0.25, 0.3) is 0 Å². The van der Waals surface area contributed by atoms with Crippen molar-refractivity contribution in [2.45, 2.75) is 12.3 Å². The first-order valence-electron chi connectivity index (χ1n) is 6.15. The lowest BCUT2D eigenvalue weighted by atomic mass is 10.2. The van der Waals surface area contributed by atoms with Gasteiger partial charge in [-0.25, -0.2) is 4.98 Å². The molecule has 20 heavy (non-hydrogen) atoms. The van der Waals surface area contributed by atoms with E-state index in [0.717, 1.165) is 27.0 Å². The molecule has 0 spiro atoms. The van der Waals surface area contributed by atoms with E-state index in [1.807, 2.05) is 54.0 Å². The van der Waals surface area contributed by atoms with E-state index in [-0.39, 0.29) is 5.38 Å². The van der Waals surface area contributed by atoms with Crippen molar-refractivity contribution in [2.24, 2.45) is 0 Å². The van der Waals surface area contributed by atoms with Gasteiger partial charge in [0, 0.05) is 9.50 Å². The Bertz CT molecular complexity index is 781. The fraction of sp³-hybridized carbons (Fsp3) is 0.133. The van der Waals surface area contributed by atoms with E-state index in [4.69, 9.17) is 23.2 Å². The molecule has 3 aromatic rings. The zero-order valence-electron chi connectivity index (χ0n) is 10.6. The third-order valence-corrected chi connectivity index (χ3v) is 4.19. The summed E-state index contributed by atoms with van der Waals surface area (Å²) >= 11 is 16.0. The molecule has 1 atom stereocenters. The summed E-state index contributed by atoms with van der Waals surface area (Å²) in [6.07, 6.45) is 0. The molecular formula is C15H11BrCl2N2. The summed E-state index contributed by atoms with van der Waals surface area (Å²) in [5.41, 5.74) is 2.87. The number of para-hydroxylation sites is 2. The first-order valence-corrected chi connectivity index (χ1v) is 7.75. The van der Waals surface area contributed by atoms with Gasteiger partial charge in [0.2, 0.25) is 0 Å². The summed E-state index contributed by atoms with van der Waals surface area (Å²) in [6, 6.07) is 13.6. The Morgan fingerprint density at radius 1 is 1.20 bits per heavy atom. The smallest absolute Gasteiger partial charge is 0.132 e. The van der Waals surface area contributed by atoms with E-state index in [2.05, 4.69) is 20.9 Å². The van der Waals surface area contributed by atoms with Gasteiger partial charge < -0.3 is 0 Å². The van der Waals surface area contributed by atoms with Gasteiger partial charge in [-0.05, 0) is 53.2 Å². The predicted octanol–water partition coefficient (Wildman–Crippen LogP) is 5.74. The topological polar surface area (TPSA) is 17.8 Å². The Kier molecular flexibility index (Phi) is 3.76. The number of aromatic nitrogens is 2. The maximum atomic E-state index is 6.29. The Balaban J connectivity index is 2.39. The van der Waals surface area contributed by atoms with Crippen LogP contribution in [-0.4, -0.2) is 9.55 Å². The Labute approximate surface area is 135 Å². The van der Waals surface area contributed by atoms with Gasteiger partial charge >= 0.3 is 0 Å². The lowest BCUT2D eigenvalue weighted by Gasteiger charge is -2.12. The largest absolute Gasteiger partial charge is 0.294 e. The van der Waals surface area contributed by atoms with Crippen LogP contribution in [-0.2, 0) is 0 Å².